The predicted octanol–water partition coefficient (Wildman–Crippen LogP) is 2.38. The summed E-state index contributed by atoms with van der Waals surface area (Å²) in [6, 6.07) is 7.94. The van der Waals surface area contributed by atoms with Crippen molar-refractivity contribution in [1.82, 2.24) is 9.97 Å². The van der Waals surface area contributed by atoms with Crippen molar-refractivity contribution in [3.8, 4) is 0 Å². The number of nitrogens with two attached hydrogens (primary N) is 1. The van der Waals surface area contributed by atoms with E-state index in [1.807, 2.05) is 38.1 Å². The van der Waals surface area contributed by atoms with Crippen molar-refractivity contribution in [3.05, 3.63) is 47.4 Å². The number of hydrogen-bond acceptors (Lipinski definition) is 5. The van der Waals surface area contributed by atoms with Crippen LogP contribution in [0.5, 0.6) is 0 Å². The van der Waals surface area contributed by atoms with E-state index in [1.165, 1.54) is 5.56 Å². The molecule has 19 heavy (non-hydrogen) atoms. The summed E-state index contributed by atoms with van der Waals surface area (Å²) >= 11 is 0. The maximum absolute atomic E-state index is 13.6. The summed E-state index contributed by atoms with van der Waals surface area (Å²) in [5, 5.41) is 3.00. The molecule has 1 aromatic carbocycles. The van der Waals surface area contributed by atoms with Crippen LogP contribution in [0.25, 0.3) is 0 Å². The van der Waals surface area contributed by atoms with Crippen LogP contribution in [0.15, 0.2) is 30.5 Å². The lowest BCUT2D eigenvalue weighted by Crippen LogP contribution is -2.14. The number of aryl methyl sites for hydroxylation is 1. The third-order valence-corrected chi connectivity index (χ3v) is 2.80. The molecule has 4 N–H and O–H groups in total. The van der Waals surface area contributed by atoms with Gasteiger partial charge in [0.25, 0.3) is 0 Å². The molecule has 0 aliphatic heterocycles. The molecule has 6 heteroatoms. The molecule has 0 amide bonds. The molecule has 0 saturated heterocycles. The van der Waals surface area contributed by atoms with Gasteiger partial charge in [-0.15, -0.1) is 0 Å². The van der Waals surface area contributed by atoms with Crippen LogP contribution >= 0.6 is 0 Å². The fraction of sp³-hybridized carbons (Fsp3) is 0.231. The van der Waals surface area contributed by atoms with E-state index in [2.05, 4.69) is 20.7 Å². The number of hydrogen-bond donors (Lipinski definition) is 3. The molecule has 1 unspecified atom stereocenters. The van der Waals surface area contributed by atoms with E-state index in [0.717, 1.165) is 11.8 Å². The van der Waals surface area contributed by atoms with Gasteiger partial charge in [0.2, 0.25) is 5.95 Å². The average Bonchev–Trinajstić information content (AvgIpc) is 2.42. The van der Waals surface area contributed by atoms with Crippen molar-refractivity contribution in [1.29, 1.82) is 0 Å². The fourth-order valence-corrected chi connectivity index (χ4v) is 1.68. The Labute approximate surface area is 111 Å². The Kier molecular flexibility index (Phi) is 3.91. The Bertz CT molecular complexity index is 555. The van der Waals surface area contributed by atoms with Crippen molar-refractivity contribution in [2.75, 3.05) is 10.7 Å². The van der Waals surface area contributed by atoms with E-state index in [9.17, 15) is 4.39 Å². The van der Waals surface area contributed by atoms with Crippen LogP contribution in [0.4, 0.5) is 16.2 Å². The first-order valence-corrected chi connectivity index (χ1v) is 5.92. The third-order valence-electron chi connectivity index (χ3n) is 2.80. The number of halogens is 1. The van der Waals surface area contributed by atoms with Gasteiger partial charge in [-0.25, -0.2) is 15.2 Å². The lowest BCUT2D eigenvalue weighted by atomic mass is 10.1. The van der Waals surface area contributed by atoms with Crippen LogP contribution < -0.4 is 16.6 Å². The summed E-state index contributed by atoms with van der Waals surface area (Å²) in [7, 11) is 0. The smallest absolute Gasteiger partial charge is 0.239 e. The van der Waals surface area contributed by atoms with Crippen LogP contribution in [0.3, 0.4) is 0 Å². The molecule has 1 atom stereocenters. The van der Waals surface area contributed by atoms with Gasteiger partial charge in [0.15, 0.2) is 11.6 Å². The number of nitrogens with zero attached hydrogens (tertiary/aromatic N) is 2. The zero-order valence-corrected chi connectivity index (χ0v) is 10.8. The number of rotatable bonds is 4. The third kappa shape index (κ3) is 3.17. The minimum atomic E-state index is -0.516. The lowest BCUT2D eigenvalue weighted by Gasteiger charge is -2.16. The maximum Gasteiger partial charge on any atom is 0.239 e. The summed E-state index contributed by atoms with van der Waals surface area (Å²) < 4.78 is 13.6. The highest BCUT2D eigenvalue weighted by molar-refractivity contribution is 5.43. The van der Waals surface area contributed by atoms with Crippen molar-refractivity contribution in [2.24, 2.45) is 5.84 Å². The molecule has 1 aromatic heterocycles. The highest BCUT2D eigenvalue weighted by Crippen LogP contribution is 2.20. The Balaban J connectivity index is 2.18. The Hall–Kier alpha value is -2.21. The number of aromatic nitrogens is 2. The first-order chi connectivity index (χ1) is 9.10. The molecule has 100 valence electrons. The van der Waals surface area contributed by atoms with Crippen molar-refractivity contribution in [2.45, 2.75) is 19.9 Å². The van der Waals surface area contributed by atoms with Crippen LogP contribution in [-0.4, -0.2) is 9.97 Å². The van der Waals surface area contributed by atoms with Gasteiger partial charge in [-0.3, -0.25) is 5.43 Å². The van der Waals surface area contributed by atoms with E-state index in [-0.39, 0.29) is 17.8 Å². The average molecular weight is 261 g/mol. The van der Waals surface area contributed by atoms with Gasteiger partial charge in [-0.2, -0.15) is 4.98 Å². The monoisotopic (exact) mass is 261 g/mol. The molecule has 5 nitrogen and oxygen atoms in total. The molecule has 0 aliphatic rings. The van der Waals surface area contributed by atoms with E-state index in [0.29, 0.717) is 0 Å². The standard InChI is InChI=1S/C13H16FN5/c1-8-3-5-10(6-4-8)9(2)17-12-11(14)7-16-13(18-12)19-15/h3-7,9H,15H2,1-2H3,(H2,16,17,18,19). The second kappa shape index (κ2) is 5.62. The van der Waals surface area contributed by atoms with Crippen LogP contribution in [0, 0.1) is 12.7 Å². The molecule has 0 bridgehead atoms. The molecule has 0 radical (unpaired) electrons. The largest absolute Gasteiger partial charge is 0.361 e. The van der Waals surface area contributed by atoms with Gasteiger partial charge < -0.3 is 5.32 Å². The van der Waals surface area contributed by atoms with Crippen LogP contribution in [0.2, 0.25) is 0 Å². The van der Waals surface area contributed by atoms with Crippen molar-refractivity contribution < 1.29 is 4.39 Å². The lowest BCUT2D eigenvalue weighted by molar-refractivity contribution is 0.614. The molecule has 0 fully saturated rings. The molecule has 1 heterocycles. The molecule has 0 spiro atoms. The number of hydrazine groups is 1. The summed E-state index contributed by atoms with van der Waals surface area (Å²) in [5.74, 6) is 4.97. The van der Waals surface area contributed by atoms with E-state index in [4.69, 9.17) is 5.84 Å². The van der Waals surface area contributed by atoms with E-state index >= 15 is 0 Å². The molecular weight excluding hydrogens is 245 g/mol. The Morgan fingerprint density at radius 3 is 2.58 bits per heavy atom. The van der Waals surface area contributed by atoms with Crippen LogP contribution in [0.1, 0.15) is 24.1 Å². The van der Waals surface area contributed by atoms with Crippen LogP contribution in [-0.2, 0) is 0 Å². The van der Waals surface area contributed by atoms with Gasteiger partial charge in [0, 0.05) is 0 Å². The van der Waals surface area contributed by atoms with Gasteiger partial charge >= 0.3 is 0 Å². The van der Waals surface area contributed by atoms with Gasteiger partial charge in [-0.1, -0.05) is 29.8 Å². The summed E-state index contributed by atoms with van der Waals surface area (Å²) in [4.78, 5) is 7.63. The summed E-state index contributed by atoms with van der Waals surface area (Å²) in [5.41, 5.74) is 4.51. The zero-order chi connectivity index (χ0) is 13.8. The minimum absolute atomic E-state index is 0.0735. The van der Waals surface area contributed by atoms with Crippen molar-refractivity contribution in [3.63, 3.8) is 0 Å². The number of nitrogen functional groups attached to an aromatic ring is 1. The van der Waals surface area contributed by atoms with E-state index < -0.39 is 5.82 Å². The predicted molar refractivity (Wildman–Crippen MR) is 73.0 cm³/mol. The highest BCUT2D eigenvalue weighted by Gasteiger charge is 2.11. The van der Waals surface area contributed by atoms with Crippen molar-refractivity contribution >= 4 is 11.8 Å². The molecule has 0 aliphatic carbocycles. The fourth-order valence-electron chi connectivity index (χ4n) is 1.68. The number of nitrogens with one attached hydrogen (secondary N) is 2. The quantitative estimate of drug-likeness (QED) is 0.582. The minimum Gasteiger partial charge on any atom is -0.361 e. The molecule has 0 saturated carbocycles. The normalized spacial score (nSPS) is 12.0. The summed E-state index contributed by atoms with van der Waals surface area (Å²) in [6.45, 7) is 3.95. The first kappa shape index (κ1) is 13.2. The first-order valence-electron chi connectivity index (χ1n) is 5.92. The van der Waals surface area contributed by atoms with Gasteiger partial charge in [0.1, 0.15) is 0 Å². The summed E-state index contributed by atoms with van der Waals surface area (Å²) in [6.07, 6.45) is 1.08. The Morgan fingerprint density at radius 2 is 1.95 bits per heavy atom. The van der Waals surface area contributed by atoms with E-state index in [1.54, 1.807) is 0 Å². The highest BCUT2D eigenvalue weighted by atomic mass is 19.1. The maximum atomic E-state index is 13.6. The molecular formula is C13H16FN5. The van der Waals surface area contributed by atoms with Gasteiger partial charge in [-0.05, 0) is 19.4 Å². The number of benzene rings is 1. The molecule has 2 rings (SSSR count). The second-order valence-electron chi connectivity index (χ2n) is 4.31. The number of anilines is 2. The topological polar surface area (TPSA) is 75.9 Å². The van der Waals surface area contributed by atoms with Gasteiger partial charge in [0.05, 0.1) is 12.2 Å². The zero-order valence-electron chi connectivity index (χ0n) is 10.8. The Morgan fingerprint density at radius 1 is 1.26 bits per heavy atom. The molecule has 2 aromatic rings. The SMILES string of the molecule is Cc1ccc(C(C)Nc2nc(NN)ncc2F)cc1. The second-order valence-corrected chi connectivity index (χ2v) is 4.31.